The molecule has 3 aromatic rings. The largest absolute Gasteiger partial charge is 0.444 e. The molecule has 0 aliphatic rings. The molecule has 0 atom stereocenters. The third-order valence-electron chi connectivity index (χ3n) is 3.73. The number of nitrogens with one attached hydrogen (secondary N) is 2. The molecule has 0 bridgehead atoms. The standard InChI is InChI=1S/C20H17ClN4O3/c21-16-5-1-15(2-6-16)13-28-20(27)25-17-7-3-14(4-8-17)11-24-19(26)18-12-22-9-10-23-18/h1-10,12H,11,13H2,(H,24,26)(H,25,27). The molecule has 2 N–H and O–H groups in total. The number of benzene rings is 2. The first-order chi connectivity index (χ1) is 13.6. The van der Waals surface area contributed by atoms with Gasteiger partial charge >= 0.3 is 6.09 Å². The van der Waals surface area contributed by atoms with Crippen LogP contribution in [0.4, 0.5) is 10.5 Å². The zero-order valence-corrected chi connectivity index (χ0v) is 15.5. The molecule has 0 saturated carbocycles. The number of carbonyl (C=O) groups is 2. The molecule has 1 heterocycles. The summed E-state index contributed by atoms with van der Waals surface area (Å²) in [6, 6.07) is 14.1. The fraction of sp³-hybridized carbons (Fsp3) is 0.100. The molecule has 0 aliphatic carbocycles. The van der Waals surface area contributed by atoms with E-state index in [4.69, 9.17) is 16.3 Å². The molecule has 0 spiro atoms. The lowest BCUT2D eigenvalue weighted by molar-refractivity contribution is 0.0945. The molecule has 28 heavy (non-hydrogen) atoms. The molecule has 2 aromatic carbocycles. The van der Waals surface area contributed by atoms with Gasteiger partial charge in [-0.25, -0.2) is 9.78 Å². The van der Waals surface area contributed by atoms with Crippen molar-refractivity contribution in [3.05, 3.63) is 89.0 Å². The van der Waals surface area contributed by atoms with Crippen LogP contribution in [0, 0.1) is 0 Å². The Morgan fingerprint density at radius 2 is 1.68 bits per heavy atom. The first-order valence-electron chi connectivity index (χ1n) is 8.41. The van der Waals surface area contributed by atoms with Gasteiger partial charge in [0.15, 0.2) is 0 Å². The summed E-state index contributed by atoms with van der Waals surface area (Å²) in [5.74, 6) is -0.305. The van der Waals surface area contributed by atoms with Crippen LogP contribution in [0.1, 0.15) is 21.6 Å². The van der Waals surface area contributed by atoms with Crippen molar-refractivity contribution < 1.29 is 14.3 Å². The van der Waals surface area contributed by atoms with Gasteiger partial charge in [0, 0.05) is 29.6 Å². The predicted molar refractivity (Wildman–Crippen MR) is 105 cm³/mol. The molecular formula is C20H17ClN4O3. The summed E-state index contributed by atoms with van der Waals surface area (Å²) >= 11 is 5.82. The first kappa shape index (κ1) is 19.3. The van der Waals surface area contributed by atoms with Crippen molar-refractivity contribution in [1.82, 2.24) is 15.3 Å². The zero-order chi connectivity index (χ0) is 19.8. The van der Waals surface area contributed by atoms with E-state index in [1.54, 1.807) is 48.5 Å². The third kappa shape index (κ3) is 5.78. The summed E-state index contributed by atoms with van der Waals surface area (Å²) in [6.07, 6.45) is 3.81. The summed E-state index contributed by atoms with van der Waals surface area (Å²) in [7, 11) is 0. The van der Waals surface area contributed by atoms with Crippen LogP contribution in [0.15, 0.2) is 67.1 Å². The Hall–Kier alpha value is -3.45. The number of amides is 2. The molecule has 7 nitrogen and oxygen atoms in total. The summed E-state index contributed by atoms with van der Waals surface area (Å²) in [6.45, 7) is 0.478. The average Bonchev–Trinajstić information content (AvgIpc) is 2.73. The summed E-state index contributed by atoms with van der Waals surface area (Å²) in [4.78, 5) is 31.6. The van der Waals surface area contributed by atoms with Crippen LogP contribution < -0.4 is 10.6 Å². The van der Waals surface area contributed by atoms with Crippen molar-refractivity contribution in [2.24, 2.45) is 0 Å². The maximum Gasteiger partial charge on any atom is 0.411 e. The van der Waals surface area contributed by atoms with Crippen LogP contribution in [0.25, 0.3) is 0 Å². The van der Waals surface area contributed by atoms with Gasteiger partial charge < -0.3 is 10.1 Å². The number of halogens is 1. The number of nitrogens with zero attached hydrogens (tertiary/aromatic N) is 2. The van der Waals surface area contributed by atoms with Gasteiger partial charge in [0.2, 0.25) is 0 Å². The van der Waals surface area contributed by atoms with Crippen LogP contribution in [0.3, 0.4) is 0 Å². The van der Waals surface area contributed by atoms with Gasteiger partial charge in [0.1, 0.15) is 12.3 Å². The van der Waals surface area contributed by atoms with Crippen LogP contribution in [0.2, 0.25) is 5.02 Å². The fourth-order valence-electron chi connectivity index (χ4n) is 2.28. The van der Waals surface area contributed by atoms with Crippen molar-refractivity contribution in [2.45, 2.75) is 13.2 Å². The van der Waals surface area contributed by atoms with E-state index in [0.717, 1.165) is 11.1 Å². The minimum absolute atomic E-state index is 0.148. The molecule has 3 rings (SSSR count). The number of rotatable bonds is 6. The van der Waals surface area contributed by atoms with E-state index in [1.807, 2.05) is 0 Å². The number of hydrogen-bond donors (Lipinski definition) is 2. The van der Waals surface area contributed by atoms with Gasteiger partial charge in [-0.15, -0.1) is 0 Å². The summed E-state index contributed by atoms with van der Waals surface area (Å²) in [5, 5.41) is 6.03. The second kappa shape index (κ2) is 9.48. The number of anilines is 1. The Bertz CT molecular complexity index is 932. The second-order valence-electron chi connectivity index (χ2n) is 5.80. The second-order valence-corrected chi connectivity index (χ2v) is 6.23. The number of carbonyl (C=O) groups excluding carboxylic acids is 2. The van der Waals surface area contributed by atoms with Crippen LogP contribution >= 0.6 is 11.6 Å². The lowest BCUT2D eigenvalue weighted by Gasteiger charge is -2.09. The Morgan fingerprint density at radius 3 is 2.36 bits per heavy atom. The van der Waals surface area contributed by atoms with Crippen molar-refractivity contribution in [3.63, 3.8) is 0 Å². The van der Waals surface area contributed by atoms with E-state index in [1.165, 1.54) is 18.6 Å². The normalized spacial score (nSPS) is 10.2. The highest BCUT2D eigenvalue weighted by Crippen LogP contribution is 2.12. The molecule has 0 fully saturated rings. The van der Waals surface area contributed by atoms with Crippen molar-refractivity contribution in [3.8, 4) is 0 Å². The van der Waals surface area contributed by atoms with Gasteiger partial charge in [-0.05, 0) is 35.4 Å². The third-order valence-corrected chi connectivity index (χ3v) is 3.98. The van der Waals surface area contributed by atoms with E-state index in [2.05, 4.69) is 20.6 Å². The molecular weight excluding hydrogens is 380 g/mol. The minimum atomic E-state index is -0.557. The van der Waals surface area contributed by atoms with E-state index in [-0.39, 0.29) is 18.2 Å². The van der Waals surface area contributed by atoms with E-state index in [9.17, 15) is 9.59 Å². The Morgan fingerprint density at radius 1 is 0.964 bits per heavy atom. The number of hydrogen-bond acceptors (Lipinski definition) is 5. The van der Waals surface area contributed by atoms with Gasteiger partial charge in [-0.2, -0.15) is 0 Å². The highest BCUT2D eigenvalue weighted by Gasteiger charge is 2.07. The Labute approximate surface area is 166 Å². The first-order valence-corrected chi connectivity index (χ1v) is 8.79. The molecule has 0 saturated heterocycles. The van der Waals surface area contributed by atoms with Crippen LogP contribution in [-0.4, -0.2) is 22.0 Å². The highest BCUT2D eigenvalue weighted by atomic mass is 35.5. The van der Waals surface area contributed by atoms with Gasteiger partial charge in [0.05, 0.1) is 6.20 Å². The number of ether oxygens (including phenoxy) is 1. The van der Waals surface area contributed by atoms with Gasteiger partial charge in [-0.3, -0.25) is 15.1 Å². The Balaban J connectivity index is 1.45. The lowest BCUT2D eigenvalue weighted by atomic mass is 10.2. The van der Waals surface area contributed by atoms with Gasteiger partial charge in [-0.1, -0.05) is 35.9 Å². The molecule has 0 radical (unpaired) electrons. The molecule has 0 aliphatic heterocycles. The van der Waals surface area contributed by atoms with Crippen molar-refractivity contribution in [2.75, 3.05) is 5.32 Å². The van der Waals surface area contributed by atoms with Crippen molar-refractivity contribution >= 4 is 29.3 Å². The number of aromatic nitrogens is 2. The van der Waals surface area contributed by atoms with Crippen molar-refractivity contribution in [1.29, 1.82) is 0 Å². The van der Waals surface area contributed by atoms with Gasteiger partial charge in [0.25, 0.3) is 5.91 Å². The SMILES string of the molecule is O=C(Nc1ccc(CNC(=O)c2cnccn2)cc1)OCc1ccc(Cl)cc1. The zero-order valence-electron chi connectivity index (χ0n) is 14.8. The molecule has 1 aromatic heterocycles. The minimum Gasteiger partial charge on any atom is -0.444 e. The molecule has 8 heteroatoms. The predicted octanol–water partition coefficient (Wildman–Crippen LogP) is 3.81. The summed E-state index contributed by atoms with van der Waals surface area (Å²) in [5.41, 5.74) is 2.56. The maximum atomic E-state index is 11.9. The summed E-state index contributed by atoms with van der Waals surface area (Å²) < 4.78 is 5.17. The topological polar surface area (TPSA) is 93.2 Å². The van der Waals surface area contributed by atoms with E-state index < -0.39 is 6.09 Å². The Kier molecular flexibility index (Phi) is 6.54. The van der Waals surface area contributed by atoms with Crippen LogP contribution in [0.5, 0.6) is 0 Å². The maximum absolute atomic E-state index is 11.9. The fourth-order valence-corrected chi connectivity index (χ4v) is 2.40. The molecule has 2 amide bonds. The van der Waals surface area contributed by atoms with Crippen LogP contribution in [-0.2, 0) is 17.9 Å². The highest BCUT2D eigenvalue weighted by molar-refractivity contribution is 6.30. The lowest BCUT2D eigenvalue weighted by Crippen LogP contribution is -2.23. The smallest absolute Gasteiger partial charge is 0.411 e. The molecule has 0 unspecified atom stereocenters. The van der Waals surface area contributed by atoms with E-state index >= 15 is 0 Å². The van der Waals surface area contributed by atoms with E-state index in [0.29, 0.717) is 17.3 Å². The average molecular weight is 397 g/mol. The monoisotopic (exact) mass is 396 g/mol. The quantitative estimate of drug-likeness (QED) is 0.660. The molecule has 142 valence electrons.